The molecule has 0 radical (unpaired) electrons. The topological polar surface area (TPSA) is 99.6 Å². The van der Waals surface area contributed by atoms with E-state index < -0.39 is 0 Å². The molecule has 34 heavy (non-hydrogen) atoms. The van der Waals surface area contributed by atoms with E-state index in [-0.39, 0.29) is 17.3 Å². The lowest BCUT2D eigenvalue weighted by atomic mass is 10.1. The van der Waals surface area contributed by atoms with Gasteiger partial charge in [-0.3, -0.25) is 4.79 Å². The van der Waals surface area contributed by atoms with Crippen LogP contribution in [-0.2, 0) is 9.53 Å². The predicted molar refractivity (Wildman–Crippen MR) is 135 cm³/mol. The molecule has 0 bridgehead atoms. The van der Waals surface area contributed by atoms with Crippen molar-refractivity contribution in [2.45, 2.75) is 12.8 Å². The first-order valence-electron chi connectivity index (χ1n) is 11.0. The van der Waals surface area contributed by atoms with Gasteiger partial charge < -0.3 is 25.4 Å². The summed E-state index contributed by atoms with van der Waals surface area (Å²) in [6.07, 6.45) is 12.6. The van der Waals surface area contributed by atoms with E-state index in [2.05, 4.69) is 26.5 Å². The fourth-order valence-corrected chi connectivity index (χ4v) is 3.17. The molecule has 0 atom stereocenters. The van der Waals surface area contributed by atoms with Crippen LogP contribution < -0.4 is 10.6 Å². The van der Waals surface area contributed by atoms with E-state index in [0.29, 0.717) is 23.3 Å². The molecule has 2 aromatic carbocycles. The van der Waals surface area contributed by atoms with E-state index >= 15 is 0 Å². The number of aromatic nitrogens is 2. The van der Waals surface area contributed by atoms with Crippen molar-refractivity contribution in [1.82, 2.24) is 14.9 Å². The maximum Gasteiger partial charge on any atom is 0.248 e. The van der Waals surface area contributed by atoms with Gasteiger partial charge in [-0.2, -0.15) is 0 Å². The van der Waals surface area contributed by atoms with Crippen molar-refractivity contribution >= 4 is 34.0 Å². The Morgan fingerprint density at radius 1 is 1.24 bits per heavy atom. The average molecular weight is 460 g/mol. The number of fused-ring (bicyclic) bond motifs is 1. The second kappa shape index (κ2) is 12.3. The van der Waals surface area contributed by atoms with Crippen molar-refractivity contribution in [2.24, 2.45) is 0 Å². The fourth-order valence-electron chi connectivity index (χ4n) is 3.17. The van der Waals surface area contributed by atoms with Gasteiger partial charge in [0.2, 0.25) is 5.91 Å². The molecule has 1 saturated heterocycles. The number of rotatable bonds is 6. The molecule has 1 aromatic heterocycles. The zero-order valence-electron chi connectivity index (χ0n) is 19.4. The average Bonchev–Trinajstić information content (AvgIpc) is 3.40. The maximum atomic E-state index is 12.1. The number of carbonyl (C=O) groups is 1. The molecular weight excluding hydrogens is 430 g/mol. The highest BCUT2D eigenvalue weighted by Crippen LogP contribution is 2.32. The van der Waals surface area contributed by atoms with Crippen molar-refractivity contribution in [2.75, 3.05) is 44.5 Å². The number of hydrogen-bond acceptors (Lipinski definition) is 7. The minimum absolute atomic E-state index is 0.0779. The first kappa shape index (κ1) is 24.7. The van der Waals surface area contributed by atoms with Gasteiger partial charge in [-0.05, 0) is 51.2 Å². The molecule has 4 rings (SSSR count). The monoisotopic (exact) mass is 459 g/mol. The molecule has 3 aromatic rings. The molecule has 0 saturated carbocycles. The SMILES string of the molecule is C#Cc1cccc(Nc2ncnc3cc(O)c(NC(=O)/C=C/CN(C)C)cc23)c1.C1CCOC1. The van der Waals surface area contributed by atoms with E-state index in [9.17, 15) is 9.90 Å². The van der Waals surface area contributed by atoms with Gasteiger partial charge in [0.1, 0.15) is 17.9 Å². The summed E-state index contributed by atoms with van der Waals surface area (Å²) in [5.41, 5.74) is 2.32. The number of nitrogens with one attached hydrogen (secondary N) is 2. The number of ether oxygens (including phenoxy) is 1. The number of likely N-dealkylation sites (N-methyl/N-ethyl adjacent to an activating group) is 1. The van der Waals surface area contributed by atoms with Gasteiger partial charge >= 0.3 is 0 Å². The molecule has 176 valence electrons. The minimum Gasteiger partial charge on any atom is -0.506 e. The Hall–Kier alpha value is -3.93. The van der Waals surface area contributed by atoms with Gasteiger partial charge in [-0.25, -0.2) is 9.97 Å². The standard InChI is InChI=1S/C22H21N5O2.C4H8O/c1-4-15-7-5-8-16(11-15)25-22-17-12-19(20(28)13-18(17)23-14-24-22)26-21(29)9-6-10-27(2)3;1-2-4-5-3-1/h1,5-9,11-14,28H,10H2,2-3H3,(H,26,29)(H,23,24,25);1-4H2/b9-6+;. The van der Waals surface area contributed by atoms with Crippen molar-refractivity contribution in [3.63, 3.8) is 0 Å². The lowest BCUT2D eigenvalue weighted by molar-refractivity contribution is -0.111. The first-order chi connectivity index (χ1) is 16.5. The lowest BCUT2D eigenvalue weighted by Gasteiger charge is -2.11. The molecule has 1 aliphatic rings. The first-order valence-corrected chi connectivity index (χ1v) is 11.0. The van der Waals surface area contributed by atoms with Crippen LogP contribution in [0.3, 0.4) is 0 Å². The smallest absolute Gasteiger partial charge is 0.248 e. The largest absolute Gasteiger partial charge is 0.506 e. The number of terminal acetylenes is 1. The van der Waals surface area contributed by atoms with Gasteiger partial charge in [0.25, 0.3) is 0 Å². The Morgan fingerprint density at radius 2 is 2.03 bits per heavy atom. The summed E-state index contributed by atoms with van der Waals surface area (Å²) < 4.78 is 4.94. The Morgan fingerprint density at radius 3 is 2.71 bits per heavy atom. The zero-order valence-corrected chi connectivity index (χ0v) is 19.4. The van der Waals surface area contributed by atoms with Crippen LogP contribution in [0.1, 0.15) is 18.4 Å². The number of nitrogens with zero attached hydrogens (tertiary/aromatic N) is 3. The molecule has 1 aliphatic heterocycles. The van der Waals surface area contributed by atoms with Crippen LogP contribution in [0.2, 0.25) is 0 Å². The quantitative estimate of drug-likeness (QED) is 0.292. The highest BCUT2D eigenvalue weighted by molar-refractivity contribution is 6.03. The molecule has 0 spiro atoms. The number of anilines is 3. The maximum absolute atomic E-state index is 12.1. The summed E-state index contributed by atoms with van der Waals surface area (Å²) in [6, 6.07) is 10.5. The molecular formula is C26H29N5O3. The highest BCUT2D eigenvalue weighted by Gasteiger charge is 2.11. The summed E-state index contributed by atoms with van der Waals surface area (Å²) in [5, 5.41) is 16.8. The van der Waals surface area contributed by atoms with Crippen LogP contribution in [0.15, 0.2) is 54.9 Å². The number of hydrogen-bond donors (Lipinski definition) is 3. The molecule has 0 aliphatic carbocycles. The lowest BCUT2D eigenvalue weighted by Crippen LogP contribution is -2.13. The number of aromatic hydroxyl groups is 1. The summed E-state index contributed by atoms with van der Waals surface area (Å²) in [4.78, 5) is 22.5. The van der Waals surface area contributed by atoms with Crippen LogP contribution in [0.5, 0.6) is 5.75 Å². The van der Waals surface area contributed by atoms with E-state index in [1.165, 1.54) is 31.3 Å². The zero-order chi connectivity index (χ0) is 24.3. The molecule has 8 nitrogen and oxygen atoms in total. The third kappa shape index (κ3) is 7.30. The second-order valence-corrected chi connectivity index (χ2v) is 7.93. The Labute approximate surface area is 199 Å². The van der Waals surface area contributed by atoms with Crippen LogP contribution in [-0.4, -0.2) is 59.7 Å². The molecule has 3 N–H and O–H groups in total. The van der Waals surface area contributed by atoms with Crippen LogP contribution in [0, 0.1) is 12.3 Å². The van der Waals surface area contributed by atoms with E-state index in [1.54, 1.807) is 12.1 Å². The number of carbonyl (C=O) groups excluding carboxylic acids is 1. The predicted octanol–water partition coefficient (Wildman–Crippen LogP) is 3.91. The summed E-state index contributed by atoms with van der Waals surface area (Å²) in [7, 11) is 3.82. The van der Waals surface area contributed by atoms with Gasteiger partial charge in [-0.15, -0.1) is 6.42 Å². The van der Waals surface area contributed by atoms with Gasteiger partial charge in [0.05, 0.1) is 11.2 Å². The normalized spacial score (nSPS) is 12.9. The van der Waals surface area contributed by atoms with Crippen LogP contribution >= 0.6 is 0 Å². The Kier molecular flexibility index (Phi) is 8.97. The number of benzene rings is 2. The third-order valence-electron chi connectivity index (χ3n) is 4.87. The van der Waals surface area contributed by atoms with Gasteiger partial charge in [0.15, 0.2) is 0 Å². The van der Waals surface area contributed by atoms with Crippen LogP contribution in [0.25, 0.3) is 10.9 Å². The van der Waals surface area contributed by atoms with Gasteiger partial charge in [-0.1, -0.05) is 18.1 Å². The Bertz CT molecular complexity index is 1190. The third-order valence-corrected chi connectivity index (χ3v) is 4.87. The Balaban J connectivity index is 0.000000574. The van der Waals surface area contributed by atoms with Gasteiger partial charge in [0, 0.05) is 48.5 Å². The summed E-state index contributed by atoms with van der Waals surface area (Å²) >= 11 is 0. The summed E-state index contributed by atoms with van der Waals surface area (Å²) in [6.45, 7) is 2.63. The molecule has 1 fully saturated rings. The van der Waals surface area contributed by atoms with Crippen molar-refractivity contribution in [3.05, 3.63) is 60.4 Å². The molecule has 1 amide bonds. The minimum atomic E-state index is -0.338. The molecule has 0 unspecified atom stereocenters. The highest BCUT2D eigenvalue weighted by atomic mass is 16.5. The second-order valence-electron chi connectivity index (χ2n) is 7.93. The number of phenolic OH excluding ortho intramolecular Hbond substituents is 1. The van der Waals surface area contributed by atoms with E-state index in [0.717, 1.165) is 24.5 Å². The van der Waals surface area contributed by atoms with E-state index in [1.807, 2.05) is 43.3 Å². The van der Waals surface area contributed by atoms with Crippen molar-refractivity contribution in [3.8, 4) is 18.1 Å². The summed E-state index contributed by atoms with van der Waals surface area (Å²) in [5.74, 6) is 2.70. The molecule has 8 heteroatoms. The fraction of sp³-hybridized carbons (Fsp3) is 0.269. The number of amides is 1. The number of phenols is 1. The van der Waals surface area contributed by atoms with Crippen LogP contribution in [0.4, 0.5) is 17.2 Å². The van der Waals surface area contributed by atoms with Crippen molar-refractivity contribution < 1.29 is 14.6 Å². The van der Waals surface area contributed by atoms with Crippen molar-refractivity contribution in [1.29, 1.82) is 0 Å². The van der Waals surface area contributed by atoms with E-state index in [4.69, 9.17) is 11.2 Å². The molecule has 2 heterocycles.